The van der Waals surface area contributed by atoms with Gasteiger partial charge >= 0.3 is 0 Å². The minimum atomic E-state index is -0.360. The first-order chi connectivity index (χ1) is 14.0. The lowest BCUT2D eigenvalue weighted by atomic mass is 9.97. The van der Waals surface area contributed by atoms with Gasteiger partial charge in [0.05, 0.1) is 18.9 Å². The van der Waals surface area contributed by atoms with Crippen LogP contribution in [0, 0.1) is 12.7 Å². The molecule has 0 unspecified atom stereocenters. The molecular formula is C23H26FN3O2. The average molecular weight is 395 g/mol. The molecule has 29 heavy (non-hydrogen) atoms. The van der Waals surface area contributed by atoms with Crippen LogP contribution in [0.4, 0.5) is 4.39 Å². The van der Waals surface area contributed by atoms with E-state index in [9.17, 15) is 9.18 Å². The van der Waals surface area contributed by atoms with Crippen molar-refractivity contribution < 1.29 is 13.9 Å². The smallest absolute Gasteiger partial charge is 0.253 e. The fraction of sp³-hybridized carbons (Fsp3) is 0.261. The summed E-state index contributed by atoms with van der Waals surface area (Å²) in [5, 5.41) is 2.90. The van der Waals surface area contributed by atoms with Crippen molar-refractivity contribution in [1.29, 1.82) is 0 Å². The van der Waals surface area contributed by atoms with Crippen LogP contribution in [0.25, 0.3) is 5.57 Å². The fourth-order valence-electron chi connectivity index (χ4n) is 2.99. The van der Waals surface area contributed by atoms with Crippen molar-refractivity contribution in [3.05, 3.63) is 77.4 Å². The van der Waals surface area contributed by atoms with E-state index in [-0.39, 0.29) is 11.7 Å². The molecule has 0 aliphatic heterocycles. The van der Waals surface area contributed by atoms with Crippen molar-refractivity contribution in [2.45, 2.75) is 19.8 Å². The summed E-state index contributed by atoms with van der Waals surface area (Å²) in [4.78, 5) is 20.6. The quantitative estimate of drug-likeness (QED) is 0.303. The van der Waals surface area contributed by atoms with Gasteiger partial charge in [-0.1, -0.05) is 18.7 Å². The number of aromatic nitrogens is 1. The molecule has 6 heteroatoms. The number of hydrogen-bond acceptors (Lipinski definition) is 4. The third kappa shape index (κ3) is 6.10. The minimum absolute atomic E-state index is 0.240. The Morgan fingerprint density at radius 1 is 1.34 bits per heavy atom. The Morgan fingerprint density at radius 3 is 2.76 bits per heavy atom. The molecule has 1 N–H and O–H groups in total. The van der Waals surface area contributed by atoms with Crippen LogP contribution in [0.3, 0.4) is 0 Å². The second kappa shape index (κ2) is 10.9. The largest absolute Gasteiger partial charge is 0.496 e. The summed E-state index contributed by atoms with van der Waals surface area (Å²) >= 11 is 0. The number of allylic oxidation sites excluding steroid dienone is 2. The number of ether oxygens (including phenoxy) is 1. The number of nitrogens with zero attached hydrogens (tertiary/aromatic N) is 2. The van der Waals surface area contributed by atoms with Crippen molar-refractivity contribution in [2.24, 2.45) is 4.99 Å². The van der Waals surface area contributed by atoms with Gasteiger partial charge in [-0.3, -0.25) is 14.8 Å². The molecule has 0 aliphatic carbocycles. The highest BCUT2D eigenvalue weighted by atomic mass is 19.1. The zero-order valence-corrected chi connectivity index (χ0v) is 17.0. The molecule has 0 saturated heterocycles. The van der Waals surface area contributed by atoms with Gasteiger partial charge in [0.2, 0.25) is 0 Å². The molecule has 2 aromatic rings. The lowest BCUT2D eigenvalue weighted by Gasteiger charge is -2.12. The van der Waals surface area contributed by atoms with Gasteiger partial charge in [-0.15, -0.1) is 0 Å². The molecule has 5 nitrogen and oxygen atoms in total. The molecule has 0 saturated carbocycles. The number of methoxy groups -OCH3 is 1. The van der Waals surface area contributed by atoms with Crippen molar-refractivity contribution in [3.8, 4) is 5.75 Å². The number of halogens is 1. The summed E-state index contributed by atoms with van der Waals surface area (Å²) in [6, 6.07) is 7.14. The van der Waals surface area contributed by atoms with Crippen molar-refractivity contribution in [1.82, 2.24) is 10.3 Å². The normalized spacial score (nSPS) is 11.9. The number of carbonyl (C=O) groups is 1. The number of carbonyl (C=O) groups excluding carboxylic acids is 1. The summed E-state index contributed by atoms with van der Waals surface area (Å²) < 4.78 is 18.5. The van der Waals surface area contributed by atoms with Crippen LogP contribution in [0.15, 0.2) is 59.9 Å². The fourth-order valence-corrected chi connectivity index (χ4v) is 2.99. The first kappa shape index (κ1) is 22.0. The average Bonchev–Trinajstić information content (AvgIpc) is 2.71. The molecule has 0 aliphatic rings. The van der Waals surface area contributed by atoms with E-state index < -0.39 is 0 Å². The van der Waals surface area contributed by atoms with E-state index in [4.69, 9.17) is 4.74 Å². The topological polar surface area (TPSA) is 63.6 Å². The highest BCUT2D eigenvalue weighted by Gasteiger charge is 2.14. The van der Waals surface area contributed by atoms with E-state index >= 15 is 0 Å². The van der Waals surface area contributed by atoms with E-state index in [1.807, 2.05) is 25.1 Å². The standard InChI is InChI=1S/C23H26FN3O2/c1-5-20(18-8-9-22(29-4)16(2)11-18)21(15-25-3)23(28)27-10-6-7-17-12-19(24)14-26-13-17/h5,8-9,11-15H,1,6-7,10H2,2-4H3,(H,27,28)/b21-20-,25-15?. The van der Waals surface area contributed by atoms with Crippen LogP contribution < -0.4 is 10.1 Å². The molecule has 0 radical (unpaired) electrons. The molecule has 0 atom stereocenters. The second-order valence-corrected chi connectivity index (χ2v) is 6.47. The number of rotatable bonds is 9. The van der Waals surface area contributed by atoms with Gasteiger partial charge in [-0.2, -0.15) is 0 Å². The van der Waals surface area contributed by atoms with Gasteiger partial charge in [-0.05, 0) is 60.2 Å². The minimum Gasteiger partial charge on any atom is -0.496 e. The number of amides is 1. The molecule has 1 heterocycles. The van der Waals surface area contributed by atoms with Gasteiger partial charge in [0.15, 0.2) is 0 Å². The van der Waals surface area contributed by atoms with Crippen LogP contribution in [-0.4, -0.2) is 37.8 Å². The summed E-state index contributed by atoms with van der Waals surface area (Å²) in [5.74, 6) is 0.178. The SMILES string of the molecule is C=C/C(=C(\C=NC)C(=O)NCCCc1cncc(F)c1)c1ccc(OC)c(C)c1. The number of benzene rings is 1. The number of aliphatic imine (C=N–C) groups is 1. The molecule has 2 rings (SSSR count). The van der Waals surface area contributed by atoms with Gasteiger partial charge in [0, 0.05) is 26.0 Å². The van der Waals surface area contributed by atoms with Gasteiger partial charge in [-0.25, -0.2) is 4.39 Å². The number of nitrogens with one attached hydrogen (secondary N) is 1. The Labute approximate surface area is 171 Å². The Morgan fingerprint density at radius 2 is 2.14 bits per heavy atom. The van der Waals surface area contributed by atoms with Crippen LogP contribution in [0.1, 0.15) is 23.1 Å². The van der Waals surface area contributed by atoms with Crippen LogP contribution >= 0.6 is 0 Å². The summed E-state index contributed by atoms with van der Waals surface area (Å²) in [6.07, 6.45) is 7.26. The molecular weight excluding hydrogens is 369 g/mol. The second-order valence-electron chi connectivity index (χ2n) is 6.47. The molecule has 0 spiro atoms. The van der Waals surface area contributed by atoms with Gasteiger partial charge < -0.3 is 10.1 Å². The van der Waals surface area contributed by atoms with Crippen molar-refractivity contribution in [3.63, 3.8) is 0 Å². The molecule has 1 aromatic heterocycles. The van der Waals surface area contributed by atoms with E-state index in [0.29, 0.717) is 30.5 Å². The number of aryl methyl sites for hydroxylation is 2. The van der Waals surface area contributed by atoms with Crippen molar-refractivity contribution >= 4 is 17.7 Å². The van der Waals surface area contributed by atoms with E-state index in [1.165, 1.54) is 18.5 Å². The first-order valence-corrected chi connectivity index (χ1v) is 9.31. The van der Waals surface area contributed by atoms with Gasteiger partial charge in [0.1, 0.15) is 11.6 Å². The molecule has 1 amide bonds. The van der Waals surface area contributed by atoms with Crippen LogP contribution in [0.5, 0.6) is 5.75 Å². The van der Waals surface area contributed by atoms with Gasteiger partial charge in [0.25, 0.3) is 5.91 Å². The third-order valence-corrected chi connectivity index (χ3v) is 4.39. The lowest BCUT2D eigenvalue weighted by Crippen LogP contribution is -2.27. The summed E-state index contributed by atoms with van der Waals surface area (Å²) in [7, 11) is 3.24. The van der Waals surface area contributed by atoms with Crippen LogP contribution in [-0.2, 0) is 11.2 Å². The first-order valence-electron chi connectivity index (χ1n) is 9.31. The Bertz CT molecular complexity index is 935. The number of hydrogen-bond donors (Lipinski definition) is 1. The Hall–Kier alpha value is -3.28. The third-order valence-electron chi connectivity index (χ3n) is 4.39. The highest BCUT2D eigenvalue weighted by molar-refractivity contribution is 6.19. The maximum absolute atomic E-state index is 13.2. The maximum Gasteiger partial charge on any atom is 0.253 e. The zero-order valence-electron chi connectivity index (χ0n) is 17.0. The lowest BCUT2D eigenvalue weighted by molar-refractivity contribution is -0.116. The van der Waals surface area contributed by atoms with E-state index in [0.717, 1.165) is 22.4 Å². The summed E-state index contributed by atoms with van der Waals surface area (Å²) in [5.41, 5.74) is 3.73. The molecule has 1 aromatic carbocycles. The van der Waals surface area contributed by atoms with Crippen LogP contribution in [0.2, 0.25) is 0 Å². The van der Waals surface area contributed by atoms with E-state index in [1.54, 1.807) is 26.4 Å². The molecule has 0 fully saturated rings. The summed E-state index contributed by atoms with van der Waals surface area (Å²) in [6.45, 7) is 6.26. The molecule has 0 bridgehead atoms. The zero-order chi connectivity index (χ0) is 21.2. The highest BCUT2D eigenvalue weighted by Crippen LogP contribution is 2.25. The predicted octanol–water partition coefficient (Wildman–Crippen LogP) is 3.93. The van der Waals surface area contributed by atoms with Crippen molar-refractivity contribution in [2.75, 3.05) is 20.7 Å². The predicted molar refractivity (Wildman–Crippen MR) is 115 cm³/mol. The Kier molecular flexibility index (Phi) is 8.27. The molecule has 152 valence electrons. The number of pyridine rings is 1. The monoisotopic (exact) mass is 395 g/mol. The Balaban J connectivity index is 2.13. The van der Waals surface area contributed by atoms with E-state index in [2.05, 4.69) is 21.9 Å². The maximum atomic E-state index is 13.2.